The molecule has 0 heterocycles. The lowest BCUT2D eigenvalue weighted by Gasteiger charge is -2.18. The maximum atomic E-state index is 13.2. The van der Waals surface area contributed by atoms with Gasteiger partial charge in [0, 0.05) is 10.2 Å². The molecule has 2 nitrogen and oxygen atoms in total. The van der Waals surface area contributed by atoms with Crippen LogP contribution in [0, 0.1) is 5.82 Å². The quantitative estimate of drug-likeness (QED) is 0.808. The van der Waals surface area contributed by atoms with E-state index in [1.165, 1.54) is 6.07 Å². The van der Waals surface area contributed by atoms with Crippen molar-refractivity contribution in [2.45, 2.75) is 6.04 Å². The summed E-state index contributed by atoms with van der Waals surface area (Å²) < 4.78 is 14.6. The lowest BCUT2D eigenvalue weighted by Crippen LogP contribution is -2.14. The minimum absolute atomic E-state index is 0.0788. The van der Waals surface area contributed by atoms with Crippen molar-refractivity contribution in [2.75, 3.05) is 11.9 Å². The van der Waals surface area contributed by atoms with Crippen molar-refractivity contribution in [2.24, 2.45) is 0 Å². The zero-order valence-electron chi connectivity index (χ0n) is 9.91. The molecule has 2 aromatic rings. The van der Waals surface area contributed by atoms with E-state index in [-0.39, 0.29) is 18.5 Å². The van der Waals surface area contributed by atoms with Crippen LogP contribution in [0.2, 0.25) is 0 Å². The zero-order valence-corrected chi connectivity index (χ0v) is 13.1. The molecule has 0 amide bonds. The second-order valence-electron chi connectivity index (χ2n) is 4.06. The first-order chi connectivity index (χ1) is 9.10. The van der Waals surface area contributed by atoms with E-state index in [1.807, 2.05) is 24.3 Å². The molecule has 2 rings (SSSR count). The van der Waals surface area contributed by atoms with Crippen molar-refractivity contribution < 1.29 is 9.50 Å². The van der Waals surface area contributed by atoms with Crippen molar-refractivity contribution in [1.29, 1.82) is 0 Å². The van der Waals surface area contributed by atoms with Gasteiger partial charge in [0.15, 0.2) is 0 Å². The van der Waals surface area contributed by atoms with E-state index in [1.54, 1.807) is 12.1 Å². The molecule has 0 aliphatic heterocycles. The minimum Gasteiger partial charge on any atom is -0.394 e. The van der Waals surface area contributed by atoms with Crippen LogP contribution in [-0.4, -0.2) is 11.7 Å². The molecule has 0 radical (unpaired) electrons. The minimum atomic E-state index is -0.317. The summed E-state index contributed by atoms with van der Waals surface area (Å²) in [5, 5.41) is 12.7. The number of hydrogen-bond acceptors (Lipinski definition) is 2. The van der Waals surface area contributed by atoms with Crippen molar-refractivity contribution in [3.63, 3.8) is 0 Å². The summed E-state index contributed by atoms with van der Waals surface area (Å²) in [6.45, 7) is -0.0788. The van der Waals surface area contributed by atoms with Gasteiger partial charge in [-0.25, -0.2) is 4.39 Å². The lowest BCUT2D eigenvalue weighted by molar-refractivity contribution is 0.276. The van der Waals surface area contributed by atoms with Crippen LogP contribution in [-0.2, 0) is 0 Å². The van der Waals surface area contributed by atoms with Crippen LogP contribution < -0.4 is 5.32 Å². The van der Waals surface area contributed by atoms with Crippen molar-refractivity contribution in [3.05, 3.63) is 62.8 Å². The van der Waals surface area contributed by atoms with Crippen LogP contribution in [0.25, 0.3) is 0 Å². The Labute approximate surface area is 127 Å². The highest BCUT2D eigenvalue weighted by molar-refractivity contribution is 9.10. The second kappa shape index (κ2) is 6.50. The third kappa shape index (κ3) is 3.78. The third-order valence-corrected chi connectivity index (χ3v) is 3.80. The third-order valence-electron chi connectivity index (χ3n) is 2.69. The Morgan fingerprint density at radius 3 is 2.58 bits per heavy atom. The Kier molecular flexibility index (Phi) is 4.96. The van der Waals surface area contributed by atoms with Crippen molar-refractivity contribution in [1.82, 2.24) is 0 Å². The molecule has 1 unspecified atom stereocenters. The van der Waals surface area contributed by atoms with Gasteiger partial charge in [-0.15, -0.1) is 0 Å². The van der Waals surface area contributed by atoms with Crippen LogP contribution in [0.3, 0.4) is 0 Å². The fourth-order valence-electron chi connectivity index (χ4n) is 1.74. The van der Waals surface area contributed by atoms with E-state index in [4.69, 9.17) is 0 Å². The molecule has 0 bridgehead atoms. The normalized spacial score (nSPS) is 12.2. The van der Waals surface area contributed by atoms with Gasteiger partial charge in [-0.2, -0.15) is 0 Å². The van der Waals surface area contributed by atoms with E-state index in [0.29, 0.717) is 4.47 Å². The summed E-state index contributed by atoms with van der Waals surface area (Å²) in [7, 11) is 0. The fraction of sp³-hybridized carbons (Fsp3) is 0.143. The molecule has 0 aliphatic rings. The summed E-state index contributed by atoms with van der Waals surface area (Å²) >= 11 is 6.54. The number of anilines is 1. The molecule has 5 heteroatoms. The molecule has 0 saturated heterocycles. The number of nitrogens with one attached hydrogen (secondary N) is 1. The number of halogens is 3. The molecule has 0 fully saturated rings. The van der Waals surface area contributed by atoms with E-state index in [2.05, 4.69) is 37.2 Å². The van der Waals surface area contributed by atoms with Gasteiger partial charge in [0.05, 0.1) is 17.1 Å². The molecule has 0 aliphatic carbocycles. The SMILES string of the molecule is OCC(Nc1cccc(Br)c1)c1ccc(F)c(Br)c1. The topological polar surface area (TPSA) is 32.3 Å². The highest BCUT2D eigenvalue weighted by atomic mass is 79.9. The number of hydrogen-bond donors (Lipinski definition) is 2. The molecular formula is C14H12Br2FNO. The number of aliphatic hydroxyl groups excluding tert-OH is 1. The first kappa shape index (κ1) is 14.5. The van der Waals surface area contributed by atoms with Gasteiger partial charge in [0.2, 0.25) is 0 Å². The Hall–Kier alpha value is -0.910. The summed E-state index contributed by atoms with van der Waals surface area (Å²) in [4.78, 5) is 0. The maximum Gasteiger partial charge on any atom is 0.137 e. The fourth-order valence-corrected chi connectivity index (χ4v) is 2.54. The number of rotatable bonds is 4. The van der Waals surface area contributed by atoms with Gasteiger partial charge >= 0.3 is 0 Å². The molecule has 1 atom stereocenters. The van der Waals surface area contributed by atoms with Gasteiger partial charge in [-0.3, -0.25) is 0 Å². The Balaban J connectivity index is 2.22. The average molecular weight is 389 g/mol. The van der Waals surface area contributed by atoms with E-state index in [0.717, 1.165) is 15.7 Å². The molecule has 2 aromatic carbocycles. The molecule has 0 saturated carbocycles. The predicted molar refractivity (Wildman–Crippen MR) is 81.7 cm³/mol. The molecule has 0 aromatic heterocycles. The summed E-state index contributed by atoms with van der Waals surface area (Å²) in [6, 6.07) is 12.1. The second-order valence-corrected chi connectivity index (χ2v) is 5.83. The van der Waals surface area contributed by atoms with Crippen LogP contribution in [0.5, 0.6) is 0 Å². The predicted octanol–water partition coefficient (Wildman–Crippen LogP) is 4.50. The number of aliphatic hydroxyl groups is 1. The van der Waals surface area contributed by atoms with Crippen LogP contribution in [0.1, 0.15) is 11.6 Å². The number of benzene rings is 2. The highest BCUT2D eigenvalue weighted by Gasteiger charge is 2.12. The average Bonchev–Trinajstić information content (AvgIpc) is 2.39. The van der Waals surface area contributed by atoms with Crippen LogP contribution >= 0.6 is 31.9 Å². The van der Waals surface area contributed by atoms with E-state index in [9.17, 15) is 9.50 Å². The Bertz CT molecular complexity index is 577. The summed E-state index contributed by atoms with van der Waals surface area (Å²) in [5.74, 6) is -0.317. The Morgan fingerprint density at radius 1 is 1.16 bits per heavy atom. The van der Waals surface area contributed by atoms with Gasteiger partial charge in [-0.05, 0) is 51.8 Å². The van der Waals surface area contributed by atoms with Crippen molar-refractivity contribution >= 4 is 37.5 Å². The largest absolute Gasteiger partial charge is 0.394 e. The van der Waals surface area contributed by atoms with Gasteiger partial charge < -0.3 is 10.4 Å². The monoisotopic (exact) mass is 387 g/mol. The molecular weight excluding hydrogens is 377 g/mol. The first-order valence-electron chi connectivity index (χ1n) is 5.68. The molecule has 0 spiro atoms. The lowest BCUT2D eigenvalue weighted by atomic mass is 10.1. The summed E-state index contributed by atoms with van der Waals surface area (Å²) in [6.07, 6.45) is 0. The Morgan fingerprint density at radius 2 is 1.95 bits per heavy atom. The molecule has 19 heavy (non-hydrogen) atoms. The zero-order chi connectivity index (χ0) is 13.8. The smallest absolute Gasteiger partial charge is 0.137 e. The van der Waals surface area contributed by atoms with E-state index < -0.39 is 0 Å². The van der Waals surface area contributed by atoms with Gasteiger partial charge in [0.25, 0.3) is 0 Å². The van der Waals surface area contributed by atoms with Crippen LogP contribution in [0.4, 0.5) is 10.1 Å². The van der Waals surface area contributed by atoms with Crippen molar-refractivity contribution in [3.8, 4) is 0 Å². The van der Waals surface area contributed by atoms with Gasteiger partial charge in [-0.1, -0.05) is 28.1 Å². The maximum absolute atomic E-state index is 13.2. The molecule has 100 valence electrons. The first-order valence-corrected chi connectivity index (χ1v) is 7.26. The van der Waals surface area contributed by atoms with Crippen LogP contribution in [0.15, 0.2) is 51.4 Å². The molecule has 2 N–H and O–H groups in total. The summed E-state index contributed by atoms with van der Waals surface area (Å²) in [5.41, 5.74) is 1.70. The standard InChI is InChI=1S/C14H12Br2FNO/c15-10-2-1-3-11(7-10)18-14(8-19)9-4-5-13(17)12(16)6-9/h1-7,14,18-19H,8H2. The highest BCUT2D eigenvalue weighted by Crippen LogP contribution is 2.25. The van der Waals surface area contributed by atoms with E-state index >= 15 is 0 Å². The van der Waals surface area contributed by atoms with Gasteiger partial charge in [0.1, 0.15) is 5.82 Å².